The van der Waals surface area contributed by atoms with E-state index in [1.165, 1.54) is 37.9 Å². The summed E-state index contributed by atoms with van der Waals surface area (Å²) in [6.45, 7) is 7.61. The molecule has 1 aromatic heterocycles. The number of aryl methyl sites for hydroxylation is 2. The molecule has 0 spiro atoms. The molecule has 0 fully saturated rings. The van der Waals surface area contributed by atoms with Crippen molar-refractivity contribution in [2.45, 2.75) is 78.7 Å². The molecule has 0 aliphatic rings. The zero-order chi connectivity index (χ0) is 17.6. The van der Waals surface area contributed by atoms with Crippen molar-refractivity contribution >= 4 is 10.4 Å². The number of aromatic nitrogens is 2. The molecule has 0 bridgehead atoms. The van der Waals surface area contributed by atoms with Gasteiger partial charge in [0.1, 0.15) is 12.4 Å². The van der Waals surface area contributed by atoms with Crippen molar-refractivity contribution in [3.8, 4) is 0 Å². The van der Waals surface area contributed by atoms with E-state index in [4.69, 9.17) is 0 Å². The number of nitrogens with zero attached hydrogens (tertiary/aromatic N) is 1. The number of imidazole rings is 1. The van der Waals surface area contributed by atoms with Crippen molar-refractivity contribution < 1.29 is 21.7 Å². The van der Waals surface area contributed by atoms with Gasteiger partial charge in [0, 0.05) is 6.92 Å². The van der Waals surface area contributed by atoms with Gasteiger partial charge in [-0.05, 0) is 12.8 Å². The molecule has 23 heavy (non-hydrogen) atoms. The third-order valence-electron chi connectivity index (χ3n) is 3.46. The van der Waals surface area contributed by atoms with Crippen LogP contribution in [0.25, 0.3) is 0 Å². The molecule has 1 N–H and O–H groups in total. The number of hydrogen-bond donors (Lipinski definition) is 1. The van der Waals surface area contributed by atoms with Gasteiger partial charge in [-0.25, -0.2) is 18.0 Å². The number of hydrogen-bond acceptors (Lipinski definition) is 4. The summed E-state index contributed by atoms with van der Waals surface area (Å²) in [4.78, 5) is 3.14. The average Bonchev–Trinajstić information content (AvgIpc) is 2.89. The van der Waals surface area contributed by atoms with Crippen LogP contribution in [0.5, 0.6) is 0 Å². The maximum absolute atomic E-state index is 9.99. The summed E-state index contributed by atoms with van der Waals surface area (Å²) in [5, 5.41) is 0. The van der Waals surface area contributed by atoms with E-state index in [1.807, 2.05) is 6.20 Å². The normalized spacial score (nSPS) is 11.1. The van der Waals surface area contributed by atoms with Gasteiger partial charge in [0.2, 0.25) is 10.4 Å². The highest BCUT2D eigenvalue weighted by Gasteiger charge is 2.01. The first-order valence-corrected chi connectivity index (χ1v) is 9.87. The zero-order valence-electron chi connectivity index (χ0n) is 14.7. The molecule has 1 heterocycles. The fourth-order valence-electron chi connectivity index (χ4n) is 2.06. The van der Waals surface area contributed by atoms with Crippen molar-refractivity contribution in [3.05, 3.63) is 18.2 Å². The second-order valence-corrected chi connectivity index (χ2v) is 6.64. The highest BCUT2D eigenvalue weighted by molar-refractivity contribution is 7.80. The summed E-state index contributed by atoms with van der Waals surface area (Å²) in [5.41, 5.74) is 0. The summed E-state index contributed by atoms with van der Waals surface area (Å²) < 4.78 is 36.3. The minimum atomic E-state index is -4.47. The third-order valence-corrected chi connectivity index (χ3v) is 3.91. The van der Waals surface area contributed by atoms with Crippen LogP contribution in [0, 0.1) is 6.92 Å². The Morgan fingerprint density at radius 3 is 2.22 bits per heavy atom. The molecule has 136 valence electrons. The Labute approximate surface area is 141 Å². The summed E-state index contributed by atoms with van der Waals surface area (Å²) in [6, 6.07) is 0. The maximum atomic E-state index is 9.99. The second-order valence-electron chi connectivity index (χ2n) is 5.59. The third kappa shape index (κ3) is 14.4. The molecule has 0 unspecified atom stereocenters. The Morgan fingerprint density at radius 2 is 1.70 bits per heavy atom. The van der Waals surface area contributed by atoms with E-state index in [0.717, 1.165) is 19.4 Å². The van der Waals surface area contributed by atoms with Gasteiger partial charge in [-0.1, -0.05) is 52.4 Å². The van der Waals surface area contributed by atoms with Crippen LogP contribution in [-0.2, 0) is 21.1 Å². The fourth-order valence-corrected chi connectivity index (χ4v) is 2.38. The first-order valence-electron chi connectivity index (χ1n) is 8.54. The molecule has 0 aromatic carbocycles. The van der Waals surface area contributed by atoms with E-state index in [2.05, 4.69) is 40.7 Å². The Kier molecular flexibility index (Phi) is 13.0. The molecule has 0 amide bonds. The van der Waals surface area contributed by atoms with Crippen molar-refractivity contribution in [3.63, 3.8) is 0 Å². The zero-order valence-corrected chi connectivity index (χ0v) is 15.5. The lowest BCUT2D eigenvalue weighted by atomic mass is 10.1. The van der Waals surface area contributed by atoms with Gasteiger partial charge in [-0.15, -0.1) is 0 Å². The topological polar surface area (TPSA) is 86.1 Å². The van der Waals surface area contributed by atoms with Crippen LogP contribution >= 0.6 is 0 Å². The lowest BCUT2D eigenvalue weighted by Crippen LogP contribution is -2.34. The van der Waals surface area contributed by atoms with Crippen LogP contribution in [0.2, 0.25) is 0 Å². The van der Waals surface area contributed by atoms with E-state index in [-0.39, 0.29) is 6.61 Å². The molecule has 7 heteroatoms. The van der Waals surface area contributed by atoms with E-state index >= 15 is 0 Å². The minimum Gasteiger partial charge on any atom is -0.726 e. The smallest absolute Gasteiger partial charge is 0.251 e. The van der Waals surface area contributed by atoms with Crippen molar-refractivity contribution in [2.75, 3.05) is 6.61 Å². The van der Waals surface area contributed by atoms with Crippen LogP contribution in [0.15, 0.2) is 12.4 Å². The predicted octanol–water partition coefficient (Wildman–Crippen LogP) is 3.23. The van der Waals surface area contributed by atoms with Crippen molar-refractivity contribution in [2.24, 2.45) is 0 Å². The Bertz CT molecular complexity index is 486. The van der Waals surface area contributed by atoms with Gasteiger partial charge in [0.15, 0.2) is 0 Å². The maximum Gasteiger partial charge on any atom is 0.251 e. The van der Waals surface area contributed by atoms with Crippen LogP contribution in [0.3, 0.4) is 0 Å². The minimum absolute atomic E-state index is 0.0258. The highest BCUT2D eigenvalue weighted by atomic mass is 32.3. The summed E-state index contributed by atoms with van der Waals surface area (Å²) in [5.74, 6) is 1.24. The predicted molar refractivity (Wildman–Crippen MR) is 89.7 cm³/mol. The lowest BCUT2D eigenvalue weighted by molar-refractivity contribution is -0.701. The van der Waals surface area contributed by atoms with Gasteiger partial charge in [0.25, 0.3) is 5.82 Å². The van der Waals surface area contributed by atoms with Gasteiger partial charge in [0.05, 0.1) is 13.2 Å². The van der Waals surface area contributed by atoms with Crippen LogP contribution in [0.4, 0.5) is 0 Å². The molecular formula is C16H32N2O4S. The van der Waals surface area contributed by atoms with Crippen LogP contribution < -0.4 is 4.57 Å². The van der Waals surface area contributed by atoms with Gasteiger partial charge < -0.3 is 4.55 Å². The SMILES string of the molecule is CCCCCCCCOS(=O)(=O)[O-].CCCC[n+]1cc[nH]c1C. The van der Waals surface area contributed by atoms with Crippen LogP contribution in [-0.4, -0.2) is 24.6 Å². The van der Waals surface area contributed by atoms with E-state index < -0.39 is 10.4 Å². The first-order chi connectivity index (χ1) is 10.9. The van der Waals surface area contributed by atoms with Crippen molar-refractivity contribution in [1.82, 2.24) is 4.98 Å². The van der Waals surface area contributed by atoms with Crippen LogP contribution in [0.1, 0.15) is 71.0 Å². The molecule has 0 atom stereocenters. The molecule has 1 rings (SSSR count). The fraction of sp³-hybridized carbons (Fsp3) is 0.812. The van der Waals surface area contributed by atoms with Gasteiger partial charge in [-0.3, -0.25) is 4.18 Å². The molecule has 0 radical (unpaired) electrons. The molecular weight excluding hydrogens is 316 g/mol. The summed E-state index contributed by atoms with van der Waals surface area (Å²) in [6.07, 6.45) is 12.8. The second kappa shape index (κ2) is 13.5. The lowest BCUT2D eigenvalue weighted by Gasteiger charge is -2.06. The van der Waals surface area contributed by atoms with E-state index in [1.54, 1.807) is 0 Å². The summed E-state index contributed by atoms with van der Waals surface area (Å²) >= 11 is 0. The van der Waals surface area contributed by atoms with Crippen molar-refractivity contribution in [1.29, 1.82) is 0 Å². The Hall–Kier alpha value is -0.920. The van der Waals surface area contributed by atoms with E-state index in [9.17, 15) is 13.0 Å². The highest BCUT2D eigenvalue weighted by Crippen LogP contribution is 2.05. The molecule has 6 nitrogen and oxygen atoms in total. The number of nitrogens with one attached hydrogen (secondary N) is 1. The Morgan fingerprint density at radius 1 is 1.09 bits per heavy atom. The number of H-pyrrole nitrogens is 1. The molecule has 0 saturated carbocycles. The first kappa shape index (κ1) is 22.1. The van der Waals surface area contributed by atoms with Gasteiger partial charge >= 0.3 is 0 Å². The van der Waals surface area contributed by atoms with E-state index in [0.29, 0.717) is 6.42 Å². The average molecular weight is 349 g/mol. The summed E-state index contributed by atoms with van der Waals surface area (Å²) in [7, 11) is -4.47. The number of aromatic amines is 1. The Balaban J connectivity index is 0.000000433. The molecule has 0 aliphatic heterocycles. The van der Waals surface area contributed by atoms with Gasteiger partial charge in [-0.2, -0.15) is 0 Å². The molecule has 1 aromatic rings. The number of unbranched alkanes of at least 4 members (excludes halogenated alkanes) is 6. The quantitative estimate of drug-likeness (QED) is 0.288. The largest absolute Gasteiger partial charge is 0.726 e. The standard InChI is InChI=1S/C8H14N2.C8H18O4S/c1-3-4-6-10-7-5-9-8(10)2;1-2-3-4-5-6-7-8-12-13(9,10)11/h5,7H,3-4,6H2,1-2H3;2-8H2,1H3,(H,9,10,11). The molecule has 0 saturated heterocycles. The molecule has 0 aliphatic carbocycles. The monoisotopic (exact) mass is 348 g/mol. The number of rotatable bonds is 11.